The number of hydrogen-bond donors (Lipinski definition) is 2. The highest BCUT2D eigenvalue weighted by molar-refractivity contribution is 14.0. The van der Waals surface area contributed by atoms with E-state index in [1.165, 1.54) is 19.3 Å². The lowest BCUT2D eigenvalue weighted by Gasteiger charge is -2.03. The average molecular weight is 478 g/mol. The Labute approximate surface area is 170 Å². The zero-order chi connectivity index (χ0) is 17.2. The highest BCUT2D eigenvalue weighted by Crippen LogP contribution is 2.18. The van der Waals surface area contributed by atoms with E-state index in [0.29, 0.717) is 35.7 Å². The standard InChI is InChI=1S/C17H24ClN5O.HI/c1-2-3-4-5-11-20-17(19)21-12-10-15-22-16(23-24-15)13-6-8-14(18)9-7-13;/h6-9H,2-5,10-12H2,1H3,(H3,19,20,21);1H. The Balaban J connectivity index is 0.00000312. The van der Waals surface area contributed by atoms with Gasteiger partial charge in [0.1, 0.15) is 0 Å². The van der Waals surface area contributed by atoms with Crippen LogP contribution in [0.4, 0.5) is 0 Å². The van der Waals surface area contributed by atoms with Crippen molar-refractivity contribution < 1.29 is 4.52 Å². The minimum atomic E-state index is 0. The zero-order valence-corrected chi connectivity index (χ0v) is 17.5. The summed E-state index contributed by atoms with van der Waals surface area (Å²) in [7, 11) is 0. The van der Waals surface area contributed by atoms with Crippen LogP contribution in [0.5, 0.6) is 0 Å². The Bertz CT molecular complexity index is 645. The number of nitrogens with one attached hydrogen (secondary N) is 1. The summed E-state index contributed by atoms with van der Waals surface area (Å²) in [6, 6.07) is 7.31. The van der Waals surface area contributed by atoms with E-state index in [0.717, 1.165) is 18.5 Å². The fourth-order valence-corrected chi connectivity index (χ4v) is 2.29. The number of aromatic nitrogens is 2. The van der Waals surface area contributed by atoms with Crippen molar-refractivity contribution in [3.05, 3.63) is 35.2 Å². The lowest BCUT2D eigenvalue weighted by molar-refractivity contribution is 0.379. The van der Waals surface area contributed by atoms with Gasteiger partial charge in [-0.25, -0.2) is 0 Å². The van der Waals surface area contributed by atoms with E-state index in [1.54, 1.807) is 12.1 Å². The summed E-state index contributed by atoms with van der Waals surface area (Å²) < 4.78 is 5.24. The maximum Gasteiger partial charge on any atom is 0.228 e. The minimum absolute atomic E-state index is 0. The minimum Gasteiger partial charge on any atom is -0.370 e. The highest BCUT2D eigenvalue weighted by atomic mass is 127. The van der Waals surface area contributed by atoms with Gasteiger partial charge in [0.15, 0.2) is 5.96 Å². The van der Waals surface area contributed by atoms with Gasteiger partial charge in [0.25, 0.3) is 0 Å². The van der Waals surface area contributed by atoms with E-state index in [9.17, 15) is 0 Å². The molecule has 0 aliphatic heterocycles. The van der Waals surface area contributed by atoms with Crippen molar-refractivity contribution in [1.82, 2.24) is 15.5 Å². The molecule has 2 rings (SSSR count). The van der Waals surface area contributed by atoms with E-state index < -0.39 is 0 Å². The molecule has 2 aromatic rings. The van der Waals surface area contributed by atoms with E-state index in [2.05, 4.69) is 27.4 Å². The molecule has 0 atom stereocenters. The van der Waals surface area contributed by atoms with E-state index in [1.807, 2.05) is 12.1 Å². The number of hydrogen-bond acceptors (Lipinski definition) is 4. The molecule has 0 amide bonds. The van der Waals surface area contributed by atoms with Gasteiger partial charge >= 0.3 is 0 Å². The summed E-state index contributed by atoms with van der Waals surface area (Å²) in [5, 5.41) is 7.71. The monoisotopic (exact) mass is 477 g/mol. The molecule has 1 aromatic carbocycles. The fraction of sp³-hybridized carbons (Fsp3) is 0.471. The maximum atomic E-state index is 5.87. The summed E-state index contributed by atoms with van der Waals surface area (Å²) in [5.74, 6) is 1.58. The number of halogens is 2. The molecule has 6 nitrogen and oxygen atoms in total. The molecule has 3 N–H and O–H groups in total. The van der Waals surface area contributed by atoms with Gasteiger partial charge in [-0.3, -0.25) is 4.99 Å². The molecule has 0 saturated heterocycles. The Hall–Kier alpha value is -1.35. The van der Waals surface area contributed by atoms with Crippen LogP contribution in [-0.4, -0.2) is 29.2 Å². The molecule has 1 heterocycles. The summed E-state index contributed by atoms with van der Waals surface area (Å²) >= 11 is 5.87. The van der Waals surface area contributed by atoms with Crippen LogP contribution in [-0.2, 0) is 6.42 Å². The van der Waals surface area contributed by atoms with E-state index in [4.69, 9.17) is 21.9 Å². The predicted molar refractivity (Wildman–Crippen MR) is 112 cm³/mol. The Morgan fingerprint density at radius 2 is 2.00 bits per heavy atom. The highest BCUT2D eigenvalue weighted by Gasteiger charge is 2.08. The lowest BCUT2D eigenvalue weighted by atomic mass is 10.2. The molecule has 1 aromatic heterocycles. The first-order valence-electron chi connectivity index (χ1n) is 8.31. The van der Waals surface area contributed by atoms with Gasteiger partial charge in [-0.15, -0.1) is 24.0 Å². The van der Waals surface area contributed by atoms with Crippen LogP contribution in [0, 0.1) is 0 Å². The largest absolute Gasteiger partial charge is 0.370 e. The number of nitrogens with two attached hydrogens (primary N) is 1. The van der Waals surface area contributed by atoms with Crippen LogP contribution < -0.4 is 11.1 Å². The first-order valence-corrected chi connectivity index (χ1v) is 8.69. The zero-order valence-electron chi connectivity index (χ0n) is 14.4. The second-order valence-corrected chi connectivity index (χ2v) is 5.96. The van der Waals surface area contributed by atoms with Crippen LogP contribution in [0.1, 0.15) is 38.5 Å². The molecular weight excluding hydrogens is 453 g/mol. The molecule has 0 spiro atoms. The Kier molecular flexibility index (Phi) is 10.5. The van der Waals surface area contributed by atoms with Crippen LogP contribution in [0.2, 0.25) is 5.02 Å². The molecule has 0 aliphatic rings. The molecular formula is C17H25ClIN5O. The molecule has 0 bridgehead atoms. The quantitative estimate of drug-likeness (QED) is 0.246. The van der Waals surface area contributed by atoms with Gasteiger partial charge in [-0.2, -0.15) is 4.98 Å². The fourth-order valence-electron chi connectivity index (χ4n) is 2.16. The van der Waals surface area contributed by atoms with Gasteiger partial charge in [-0.1, -0.05) is 42.9 Å². The molecule has 0 aliphatic carbocycles. The second-order valence-electron chi connectivity index (χ2n) is 5.52. The number of nitrogens with zero attached hydrogens (tertiary/aromatic N) is 3. The van der Waals surface area contributed by atoms with Crippen molar-refractivity contribution in [1.29, 1.82) is 0 Å². The number of rotatable bonds is 9. The summed E-state index contributed by atoms with van der Waals surface area (Å²) in [6.07, 6.45) is 5.33. The topological polar surface area (TPSA) is 89.3 Å². The van der Waals surface area contributed by atoms with Crippen molar-refractivity contribution in [3.63, 3.8) is 0 Å². The van der Waals surface area contributed by atoms with Crippen molar-refractivity contribution >= 4 is 41.5 Å². The van der Waals surface area contributed by atoms with Crippen molar-refractivity contribution in [3.8, 4) is 11.4 Å². The van der Waals surface area contributed by atoms with Gasteiger partial charge in [0, 0.05) is 30.1 Å². The Morgan fingerprint density at radius 3 is 2.72 bits per heavy atom. The Morgan fingerprint density at radius 1 is 1.24 bits per heavy atom. The van der Waals surface area contributed by atoms with Crippen LogP contribution >= 0.6 is 35.6 Å². The van der Waals surface area contributed by atoms with Gasteiger partial charge in [0.2, 0.25) is 11.7 Å². The van der Waals surface area contributed by atoms with Gasteiger partial charge in [0.05, 0.1) is 0 Å². The molecule has 8 heteroatoms. The molecule has 25 heavy (non-hydrogen) atoms. The lowest BCUT2D eigenvalue weighted by Crippen LogP contribution is -2.33. The van der Waals surface area contributed by atoms with Gasteiger partial charge < -0.3 is 15.6 Å². The number of benzene rings is 1. The molecule has 0 fully saturated rings. The first-order chi connectivity index (χ1) is 11.7. The third-order valence-electron chi connectivity index (χ3n) is 3.51. The van der Waals surface area contributed by atoms with Crippen LogP contribution in [0.25, 0.3) is 11.4 Å². The summed E-state index contributed by atoms with van der Waals surface area (Å²) in [6.45, 7) is 3.56. The maximum absolute atomic E-state index is 5.87. The van der Waals surface area contributed by atoms with Crippen molar-refractivity contribution in [2.75, 3.05) is 13.1 Å². The number of unbranched alkanes of at least 4 members (excludes halogenated alkanes) is 3. The summed E-state index contributed by atoms with van der Waals surface area (Å²) in [4.78, 5) is 8.65. The van der Waals surface area contributed by atoms with Crippen molar-refractivity contribution in [2.45, 2.75) is 39.0 Å². The first kappa shape index (κ1) is 21.7. The molecule has 0 saturated carbocycles. The second kappa shape index (κ2) is 12.1. The van der Waals surface area contributed by atoms with Crippen molar-refractivity contribution in [2.24, 2.45) is 10.7 Å². The average Bonchev–Trinajstić information content (AvgIpc) is 3.04. The van der Waals surface area contributed by atoms with E-state index in [-0.39, 0.29) is 24.0 Å². The van der Waals surface area contributed by atoms with Crippen LogP contribution in [0.15, 0.2) is 33.8 Å². The molecule has 0 radical (unpaired) electrons. The number of guanidine groups is 1. The summed E-state index contributed by atoms with van der Waals surface area (Å²) in [5.41, 5.74) is 6.69. The SMILES string of the molecule is CCCCCCN=C(N)NCCc1nc(-c2ccc(Cl)cc2)no1.I. The third-order valence-corrected chi connectivity index (χ3v) is 3.76. The smallest absolute Gasteiger partial charge is 0.228 e. The molecule has 138 valence electrons. The third kappa shape index (κ3) is 8.04. The normalized spacial score (nSPS) is 11.2. The molecule has 0 unspecified atom stereocenters. The van der Waals surface area contributed by atoms with Crippen LogP contribution in [0.3, 0.4) is 0 Å². The van der Waals surface area contributed by atoms with Gasteiger partial charge in [-0.05, 0) is 30.7 Å². The number of aliphatic imine (C=N–C) groups is 1. The predicted octanol–water partition coefficient (Wildman–Crippen LogP) is 4.04. The van der Waals surface area contributed by atoms with E-state index >= 15 is 0 Å².